The van der Waals surface area contributed by atoms with E-state index in [4.69, 9.17) is 9.57 Å². The third-order valence-electron chi connectivity index (χ3n) is 15.9. The molecule has 11 nitrogen and oxygen atoms in total. The van der Waals surface area contributed by atoms with Crippen LogP contribution in [0.5, 0.6) is 0 Å². The largest absolute Gasteiger partial charge is 0.481 e. The van der Waals surface area contributed by atoms with Crippen molar-refractivity contribution in [3.05, 3.63) is 12.2 Å². The van der Waals surface area contributed by atoms with Crippen molar-refractivity contribution in [2.24, 2.45) is 50.7 Å². The summed E-state index contributed by atoms with van der Waals surface area (Å²) in [5.74, 6) is 0.115. The number of carboxylic acid groups (broad SMARTS) is 1. The smallest absolute Gasteiger partial charge is 0.309 e. The summed E-state index contributed by atoms with van der Waals surface area (Å²) in [5.41, 5.74) is 0.0722. The van der Waals surface area contributed by atoms with Gasteiger partial charge < -0.3 is 35.6 Å². The number of carbonyl (C=O) groups excluding carboxylic acids is 1. The number of nitrogens with one attached hydrogen (secondary N) is 1. The molecule has 0 aromatic heterocycles. The van der Waals surface area contributed by atoms with Crippen LogP contribution in [-0.4, -0.2) is 99.4 Å². The van der Waals surface area contributed by atoms with Crippen LogP contribution in [0.1, 0.15) is 127 Å². The Kier molecular flexibility index (Phi) is 13.2. The first-order valence-electron chi connectivity index (χ1n) is 19.9. The molecule has 3 aliphatic carbocycles. The topological polar surface area (TPSA) is 169 Å². The molecule has 1 amide bonds. The van der Waals surface area contributed by atoms with Gasteiger partial charge in [0.2, 0.25) is 5.91 Å². The fourth-order valence-electron chi connectivity index (χ4n) is 12.1. The van der Waals surface area contributed by atoms with Crippen molar-refractivity contribution in [1.82, 2.24) is 10.4 Å². The van der Waals surface area contributed by atoms with Crippen LogP contribution in [0.15, 0.2) is 12.2 Å². The molecule has 11 heteroatoms. The molecule has 5 unspecified atom stereocenters. The summed E-state index contributed by atoms with van der Waals surface area (Å²) in [5, 5.41) is 55.9. The van der Waals surface area contributed by atoms with E-state index in [2.05, 4.69) is 67.3 Å². The quantitative estimate of drug-likeness (QED) is 0.102. The van der Waals surface area contributed by atoms with Crippen molar-refractivity contribution in [3.63, 3.8) is 0 Å². The van der Waals surface area contributed by atoms with Crippen molar-refractivity contribution in [2.45, 2.75) is 163 Å². The second-order valence-corrected chi connectivity index (χ2v) is 18.9. The molecule has 300 valence electrons. The average Bonchev–Trinajstić information content (AvgIpc) is 3.42. The molecule has 3 saturated carbocycles. The highest BCUT2D eigenvalue weighted by Crippen LogP contribution is 2.69. The summed E-state index contributed by atoms with van der Waals surface area (Å²) in [4.78, 5) is 32.0. The van der Waals surface area contributed by atoms with Gasteiger partial charge >= 0.3 is 5.97 Å². The molecule has 0 radical (unpaired) electrons. The number of aliphatic carboxylic acids is 1. The number of hydrogen-bond acceptors (Lipinski definition) is 9. The Morgan fingerprint density at radius 3 is 2.21 bits per heavy atom. The molecular weight excluding hydrogens is 664 g/mol. The maximum atomic E-state index is 13.6. The maximum absolute atomic E-state index is 13.6. The molecule has 52 heavy (non-hydrogen) atoms. The molecule has 4 rings (SSSR count). The van der Waals surface area contributed by atoms with Gasteiger partial charge in [0.05, 0.1) is 19.1 Å². The number of carboxylic acids is 1. The molecule has 0 spiro atoms. The monoisotopic (exact) mass is 737 g/mol. The first-order valence-corrected chi connectivity index (χ1v) is 19.9. The summed E-state index contributed by atoms with van der Waals surface area (Å²) < 4.78 is 5.64. The molecule has 6 N–H and O–H groups in total. The molecule has 0 aromatic carbocycles. The van der Waals surface area contributed by atoms with Gasteiger partial charge in [-0.3, -0.25) is 14.4 Å². The Balaban J connectivity index is 1.51. The number of hydroxylamine groups is 2. The van der Waals surface area contributed by atoms with Gasteiger partial charge in [0.1, 0.15) is 31.0 Å². The molecule has 13 atom stereocenters. The number of carbonyl (C=O) groups is 2. The van der Waals surface area contributed by atoms with Gasteiger partial charge in [0.25, 0.3) is 0 Å². The molecule has 1 saturated heterocycles. The zero-order valence-corrected chi connectivity index (χ0v) is 33.8. The lowest BCUT2D eigenvalue weighted by atomic mass is 9.38. The Labute approximate surface area is 312 Å². The van der Waals surface area contributed by atoms with Crippen molar-refractivity contribution in [2.75, 3.05) is 20.3 Å². The van der Waals surface area contributed by atoms with Crippen LogP contribution in [0.2, 0.25) is 0 Å². The minimum atomic E-state index is -1.58. The van der Waals surface area contributed by atoms with E-state index in [1.165, 1.54) is 7.11 Å². The lowest BCUT2D eigenvalue weighted by Crippen LogP contribution is -2.65. The van der Waals surface area contributed by atoms with Crippen LogP contribution in [0, 0.1) is 50.7 Å². The number of aliphatic hydroxyl groups excluding tert-OH is 4. The highest BCUT2D eigenvalue weighted by atomic mass is 16.7. The Morgan fingerprint density at radius 1 is 1.02 bits per heavy atom. The van der Waals surface area contributed by atoms with E-state index in [-0.39, 0.29) is 52.0 Å². The number of ether oxygens (including phenoxy) is 1. The van der Waals surface area contributed by atoms with Crippen LogP contribution in [-0.2, 0) is 19.2 Å². The van der Waals surface area contributed by atoms with Gasteiger partial charge in [-0.05, 0) is 110 Å². The number of nitrogens with zero attached hydrogens (tertiary/aromatic N) is 1. The lowest BCUT2D eigenvalue weighted by Gasteiger charge is -2.67. The van der Waals surface area contributed by atoms with Gasteiger partial charge in [0, 0.05) is 6.04 Å². The first kappa shape index (κ1) is 43.1. The Hall–Kier alpha value is -1.60. The van der Waals surface area contributed by atoms with Crippen molar-refractivity contribution in [3.8, 4) is 0 Å². The predicted molar refractivity (Wildman–Crippen MR) is 200 cm³/mol. The molecule has 4 aliphatic rings. The van der Waals surface area contributed by atoms with Gasteiger partial charge in [0.15, 0.2) is 6.23 Å². The maximum Gasteiger partial charge on any atom is 0.309 e. The number of allylic oxidation sites excluding steroid dienone is 1. The summed E-state index contributed by atoms with van der Waals surface area (Å²) in [6.45, 7) is 24.1. The van der Waals surface area contributed by atoms with Crippen molar-refractivity contribution < 1.29 is 44.7 Å². The van der Waals surface area contributed by atoms with Crippen LogP contribution in [0.3, 0.4) is 0 Å². The molecule has 1 heterocycles. The van der Waals surface area contributed by atoms with E-state index in [1.807, 2.05) is 6.92 Å². The summed E-state index contributed by atoms with van der Waals surface area (Å²) in [7, 11) is 1.34. The minimum Gasteiger partial charge on any atom is -0.481 e. The second-order valence-electron chi connectivity index (χ2n) is 18.9. The van der Waals surface area contributed by atoms with E-state index in [9.17, 15) is 35.1 Å². The zero-order valence-electron chi connectivity index (χ0n) is 33.8. The lowest BCUT2D eigenvalue weighted by molar-refractivity contribution is -0.325. The normalized spacial score (nSPS) is 42.1. The molecular formula is C41H72N2O9. The van der Waals surface area contributed by atoms with Gasteiger partial charge in [-0.1, -0.05) is 74.0 Å². The fourth-order valence-corrected chi connectivity index (χ4v) is 12.1. The van der Waals surface area contributed by atoms with Crippen molar-refractivity contribution >= 4 is 11.9 Å². The van der Waals surface area contributed by atoms with E-state index in [0.717, 1.165) is 62.0 Å². The predicted octanol–water partition coefficient (Wildman–Crippen LogP) is 5.29. The van der Waals surface area contributed by atoms with E-state index < -0.39 is 48.6 Å². The van der Waals surface area contributed by atoms with E-state index in [1.54, 1.807) is 0 Å². The molecule has 0 aromatic rings. The molecule has 4 fully saturated rings. The highest BCUT2D eigenvalue weighted by Gasteiger charge is 2.63. The summed E-state index contributed by atoms with van der Waals surface area (Å²) in [6.07, 6.45) is 2.09. The Bertz CT molecular complexity index is 1290. The van der Waals surface area contributed by atoms with E-state index >= 15 is 0 Å². The SMILES string of the molecule is C=C(C)[C@@H]1CC[C@@](CCC(C)(C)[C@]2(C)CCC3C(C)(C)[C@@H](NC(=O)CN(OC)[C@@H]4OC(CO)[C@@H](O)C(O)[C@H]4O)CC[C@]3(C)C2CCC)(C(=O)O)C1C. The number of amides is 1. The summed E-state index contributed by atoms with van der Waals surface area (Å²) >= 11 is 0. The zero-order chi connectivity index (χ0) is 39.2. The van der Waals surface area contributed by atoms with Crippen molar-refractivity contribution in [1.29, 1.82) is 0 Å². The number of fused-ring (bicyclic) bond motifs is 1. The molecule has 0 bridgehead atoms. The third-order valence-corrected chi connectivity index (χ3v) is 15.9. The fraction of sp³-hybridized carbons (Fsp3) is 0.902. The number of rotatable bonds is 14. The van der Waals surface area contributed by atoms with Gasteiger partial charge in [-0.15, -0.1) is 5.06 Å². The standard InChI is InChI=1S/C41H72N2O9/c1-12-13-29-39(9)17-16-30(42-31(45)22-43(51-11)35-34(48)33(47)32(46)27(23-44)52-35)38(7,8)28(39)15-18-40(29,10)37(5,6)20-21-41(36(49)50)19-14-26(24(2)3)25(41)4/h25-30,32-35,44,46-48H,2,12-23H2,1,3-11H3,(H,42,45)(H,49,50)/t25?,26-,27?,28?,29?,30-,32+,33?,34+,35+,39-,40+,41-/m0/s1. The second kappa shape index (κ2) is 15.9. The highest BCUT2D eigenvalue weighted by molar-refractivity contribution is 5.78. The minimum absolute atomic E-state index is 0.0000836. The number of aliphatic hydroxyl groups is 4. The average molecular weight is 737 g/mol. The van der Waals surface area contributed by atoms with Crippen LogP contribution >= 0.6 is 0 Å². The number of hydrogen-bond donors (Lipinski definition) is 6. The summed E-state index contributed by atoms with van der Waals surface area (Å²) in [6, 6.07) is -0.105. The van der Waals surface area contributed by atoms with E-state index in [0.29, 0.717) is 24.7 Å². The third kappa shape index (κ3) is 7.38. The van der Waals surface area contributed by atoms with Crippen LogP contribution < -0.4 is 5.32 Å². The Morgan fingerprint density at radius 2 is 1.67 bits per heavy atom. The van der Waals surface area contributed by atoms with Gasteiger partial charge in [-0.25, -0.2) is 0 Å². The van der Waals surface area contributed by atoms with Gasteiger partial charge in [-0.2, -0.15) is 0 Å². The first-order chi connectivity index (χ1) is 24.1. The van der Waals surface area contributed by atoms with Crippen LogP contribution in [0.25, 0.3) is 0 Å². The van der Waals surface area contributed by atoms with Crippen LogP contribution in [0.4, 0.5) is 0 Å². The molecule has 1 aliphatic heterocycles.